The van der Waals surface area contributed by atoms with Gasteiger partial charge in [0.25, 0.3) is 0 Å². The van der Waals surface area contributed by atoms with Crippen LogP contribution in [-0.2, 0) is 9.59 Å². The van der Waals surface area contributed by atoms with E-state index in [4.69, 9.17) is 0 Å². The van der Waals surface area contributed by atoms with Crippen LogP contribution < -0.4 is 10.6 Å². The van der Waals surface area contributed by atoms with Crippen molar-refractivity contribution in [2.75, 3.05) is 10.6 Å². The fourth-order valence-electron chi connectivity index (χ4n) is 3.03. The molecule has 0 radical (unpaired) electrons. The van der Waals surface area contributed by atoms with Gasteiger partial charge in [0.2, 0.25) is 17.8 Å². The molecule has 0 unspecified atom stereocenters. The van der Waals surface area contributed by atoms with Crippen molar-refractivity contribution in [2.45, 2.75) is 19.4 Å². The molecule has 0 saturated carbocycles. The molecule has 2 amide bonds. The van der Waals surface area contributed by atoms with E-state index < -0.39 is 6.04 Å². The van der Waals surface area contributed by atoms with Gasteiger partial charge in [-0.2, -0.15) is 0 Å². The maximum absolute atomic E-state index is 12.4. The summed E-state index contributed by atoms with van der Waals surface area (Å²) >= 11 is 0. The Bertz CT molecular complexity index is 961. The first-order valence-electron chi connectivity index (χ1n) is 7.77. The summed E-state index contributed by atoms with van der Waals surface area (Å²) in [6.45, 7) is 1.93. The highest BCUT2D eigenvalue weighted by molar-refractivity contribution is 6.03. The molecule has 0 bridgehead atoms. The molecule has 1 aliphatic heterocycles. The van der Waals surface area contributed by atoms with Crippen LogP contribution in [0.2, 0.25) is 0 Å². The number of rotatable bonds is 3. The van der Waals surface area contributed by atoms with Gasteiger partial charge in [0, 0.05) is 5.69 Å². The number of hydrogen-bond acceptors (Lipinski definition) is 3. The Labute approximate surface area is 138 Å². The van der Waals surface area contributed by atoms with Crippen molar-refractivity contribution in [2.24, 2.45) is 0 Å². The zero-order valence-electron chi connectivity index (χ0n) is 13.1. The lowest BCUT2D eigenvalue weighted by Gasteiger charge is -2.13. The molecule has 1 atom stereocenters. The molecule has 120 valence electrons. The predicted octanol–water partition coefficient (Wildman–Crippen LogP) is 2.87. The number of amides is 2. The van der Waals surface area contributed by atoms with Crippen molar-refractivity contribution in [1.82, 2.24) is 9.55 Å². The van der Waals surface area contributed by atoms with Gasteiger partial charge >= 0.3 is 0 Å². The van der Waals surface area contributed by atoms with Crippen LogP contribution in [0.25, 0.3) is 11.0 Å². The number of fused-ring (bicyclic) bond motifs is 3. The highest BCUT2D eigenvalue weighted by atomic mass is 16.2. The highest BCUT2D eigenvalue weighted by Crippen LogP contribution is 2.32. The van der Waals surface area contributed by atoms with E-state index in [9.17, 15) is 9.59 Å². The largest absolute Gasteiger partial charge is 0.326 e. The van der Waals surface area contributed by atoms with Crippen molar-refractivity contribution in [3.05, 3.63) is 54.1 Å². The Hall–Kier alpha value is -3.15. The monoisotopic (exact) mass is 320 g/mol. The van der Waals surface area contributed by atoms with Crippen LogP contribution in [0.3, 0.4) is 0 Å². The van der Waals surface area contributed by atoms with E-state index in [1.165, 1.54) is 0 Å². The number of nitrogens with zero attached hydrogens (tertiary/aromatic N) is 2. The Kier molecular flexibility index (Phi) is 3.30. The van der Waals surface area contributed by atoms with E-state index >= 15 is 0 Å². The summed E-state index contributed by atoms with van der Waals surface area (Å²) in [5.41, 5.74) is 3.39. The van der Waals surface area contributed by atoms with E-state index in [2.05, 4.69) is 15.6 Å². The minimum absolute atomic E-state index is 0.0630. The van der Waals surface area contributed by atoms with E-state index in [0.29, 0.717) is 5.95 Å². The normalized spacial score (nSPS) is 16.0. The summed E-state index contributed by atoms with van der Waals surface area (Å²) in [6, 6.07) is 14.6. The molecule has 0 aliphatic carbocycles. The smallest absolute Gasteiger partial charge is 0.250 e. The van der Waals surface area contributed by atoms with Gasteiger partial charge in [-0.15, -0.1) is 0 Å². The zero-order valence-corrected chi connectivity index (χ0v) is 13.1. The van der Waals surface area contributed by atoms with Crippen molar-refractivity contribution in [3.63, 3.8) is 0 Å². The molecule has 2 N–H and O–H groups in total. The standard InChI is InChI=1S/C18H16N4O2/c1-11-6-2-3-7-12(11)19-16(23)10-15-17(24)21-18-20-13-8-4-5-9-14(13)22(15)18/h2-9,15H,10H2,1H3,(H,19,23)(H,20,21,24)/t15-/m1/s1. The molecular formula is C18H16N4O2. The summed E-state index contributed by atoms with van der Waals surface area (Å²) < 4.78 is 1.80. The number of para-hydroxylation sites is 3. The quantitative estimate of drug-likeness (QED) is 0.779. The highest BCUT2D eigenvalue weighted by Gasteiger charge is 2.34. The van der Waals surface area contributed by atoms with Gasteiger partial charge in [0.15, 0.2) is 0 Å². The van der Waals surface area contributed by atoms with E-state index in [1.807, 2.05) is 55.5 Å². The zero-order chi connectivity index (χ0) is 16.7. The number of hydrogen-bond donors (Lipinski definition) is 2. The van der Waals surface area contributed by atoms with Gasteiger partial charge in [-0.25, -0.2) is 4.98 Å². The van der Waals surface area contributed by atoms with E-state index in [0.717, 1.165) is 22.3 Å². The van der Waals surface area contributed by atoms with Crippen LogP contribution >= 0.6 is 0 Å². The molecule has 1 aromatic heterocycles. The average Bonchev–Trinajstić information content (AvgIpc) is 3.06. The van der Waals surface area contributed by atoms with Gasteiger partial charge < -0.3 is 5.32 Å². The minimum Gasteiger partial charge on any atom is -0.326 e. The molecule has 1 aliphatic rings. The summed E-state index contributed by atoms with van der Waals surface area (Å²) in [5, 5.41) is 5.63. The van der Waals surface area contributed by atoms with Crippen LogP contribution in [0.4, 0.5) is 11.6 Å². The molecule has 0 fully saturated rings. The third-order valence-electron chi connectivity index (χ3n) is 4.24. The SMILES string of the molecule is Cc1ccccc1NC(=O)C[C@@H]1C(=O)Nc2nc3ccccc3n21. The van der Waals surface area contributed by atoms with Gasteiger partial charge in [-0.3, -0.25) is 19.5 Å². The second-order valence-electron chi connectivity index (χ2n) is 5.87. The number of anilines is 2. The summed E-state index contributed by atoms with van der Waals surface area (Å²) in [5.74, 6) is 0.0909. The second kappa shape index (κ2) is 5.49. The van der Waals surface area contributed by atoms with Gasteiger partial charge in [0.1, 0.15) is 6.04 Å². The van der Waals surface area contributed by atoms with E-state index in [1.54, 1.807) is 4.57 Å². The van der Waals surface area contributed by atoms with Crippen molar-refractivity contribution < 1.29 is 9.59 Å². The number of aryl methyl sites for hydroxylation is 1. The van der Waals surface area contributed by atoms with Gasteiger partial charge in [0.05, 0.1) is 17.5 Å². The van der Waals surface area contributed by atoms with Crippen molar-refractivity contribution in [3.8, 4) is 0 Å². The molecular weight excluding hydrogens is 304 g/mol. The second-order valence-corrected chi connectivity index (χ2v) is 5.87. The van der Waals surface area contributed by atoms with Crippen LogP contribution in [-0.4, -0.2) is 21.4 Å². The first-order valence-corrected chi connectivity index (χ1v) is 7.77. The number of aromatic nitrogens is 2. The number of imidazole rings is 1. The lowest BCUT2D eigenvalue weighted by atomic mass is 10.1. The lowest BCUT2D eigenvalue weighted by Crippen LogP contribution is -2.23. The molecule has 2 heterocycles. The summed E-state index contributed by atoms with van der Waals surface area (Å²) in [6.07, 6.45) is 0.0630. The number of carbonyl (C=O) groups excluding carboxylic acids is 2. The van der Waals surface area contributed by atoms with Gasteiger partial charge in [-0.1, -0.05) is 30.3 Å². The molecule has 24 heavy (non-hydrogen) atoms. The number of benzene rings is 2. The molecule has 6 heteroatoms. The Balaban J connectivity index is 1.60. The fourth-order valence-corrected chi connectivity index (χ4v) is 3.03. The molecule has 2 aromatic carbocycles. The molecule has 0 spiro atoms. The lowest BCUT2D eigenvalue weighted by molar-refractivity contribution is -0.123. The molecule has 3 aromatic rings. The molecule has 0 saturated heterocycles. The van der Waals surface area contributed by atoms with Crippen LogP contribution in [0.1, 0.15) is 18.0 Å². The fraction of sp³-hybridized carbons (Fsp3) is 0.167. The predicted molar refractivity (Wildman–Crippen MR) is 91.8 cm³/mol. The third-order valence-corrected chi connectivity index (χ3v) is 4.24. The first-order chi connectivity index (χ1) is 11.6. The molecule has 4 rings (SSSR count). The minimum atomic E-state index is -0.587. The maximum atomic E-state index is 12.4. The van der Waals surface area contributed by atoms with E-state index in [-0.39, 0.29) is 18.2 Å². The number of carbonyl (C=O) groups is 2. The Morgan fingerprint density at radius 1 is 1.21 bits per heavy atom. The van der Waals surface area contributed by atoms with Crippen LogP contribution in [0.5, 0.6) is 0 Å². The third kappa shape index (κ3) is 2.32. The van der Waals surface area contributed by atoms with Gasteiger partial charge in [-0.05, 0) is 30.7 Å². The molecule has 6 nitrogen and oxygen atoms in total. The average molecular weight is 320 g/mol. The first kappa shape index (κ1) is 14.4. The summed E-state index contributed by atoms with van der Waals surface area (Å²) in [7, 11) is 0. The Morgan fingerprint density at radius 2 is 1.96 bits per heavy atom. The maximum Gasteiger partial charge on any atom is 0.250 e. The number of nitrogens with one attached hydrogen (secondary N) is 2. The topological polar surface area (TPSA) is 76.0 Å². The Morgan fingerprint density at radius 3 is 2.79 bits per heavy atom. The van der Waals surface area contributed by atoms with Crippen molar-refractivity contribution in [1.29, 1.82) is 0 Å². The van der Waals surface area contributed by atoms with Crippen LogP contribution in [0, 0.1) is 6.92 Å². The van der Waals surface area contributed by atoms with Crippen LogP contribution in [0.15, 0.2) is 48.5 Å². The van der Waals surface area contributed by atoms with Crippen molar-refractivity contribution >= 4 is 34.5 Å². The summed E-state index contributed by atoms with van der Waals surface area (Å²) in [4.78, 5) is 29.0.